The summed E-state index contributed by atoms with van der Waals surface area (Å²) in [7, 11) is 0. The summed E-state index contributed by atoms with van der Waals surface area (Å²) >= 11 is 0. The zero-order chi connectivity index (χ0) is 19.4. The van der Waals surface area contributed by atoms with Crippen LogP contribution in [0.3, 0.4) is 0 Å². The van der Waals surface area contributed by atoms with Crippen LogP contribution in [0, 0.1) is 0 Å². The van der Waals surface area contributed by atoms with Gasteiger partial charge in [-0.3, -0.25) is 4.68 Å². The minimum Gasteiger partial charge on any atom is -0.471 e. The van der Waals surface area contributed by atoms with E-state index in [0.717, 1.165) is 27.9 Å². The maximum Gasteiger partial charge on any atom is 0.241 e. The van der Waals surface area contributed by atoms with Gasteiger partial charge >= 0.3 is 0 Å². The Balaban J connectivity index is 2.12. The smallest absolute Gasteiger partial charge is 0.241 e. The molecule has 0 unspecified atom stereocenters. The minimum atomic E-state index is -0.0152. The van der Waals surface area contributed by atoms with E-state index in [2.05, 4.69) is 32.4 Å². The van der Waals surface area contributed by atoms with Gasteiger partial charge < -0.3 is 9.84 Å². The monoisotopic (exact) mass is 364 g/mol. The van der Waals surface area contributed by atoms with Gasteiger partial charge in [-0.15, -0.1) is 5.10 Å². The van der Waals surface area contributed by atoms with E-state index < -0.39 is 0 Å². The normalized spacial score (nSPS) is 11.4. The van der Waals surface area contributed by atoms with E-state index in [9.17, 15) is 5.11 Å². The lowest BCUT2D eigenvalue weighted by Crippen LogP contribution is -2.09. The number of hydrogen-bond donors (Lipinski definition) is 1. The molecule has 0 amide bonds. The molecule has 1 heterocycles. The van der Waals surface area contributed by atoms with Crippen molar-refractivity contribution in [2.75, 3.05) is 0 Å². The Bertz CT molecular complexity index is 883. The van der Waals surface area contributed by atoms with Crippen LogP contribution in [0.25, 0.3) is 11.1 Å². The molecule has 1 N–H and O–H groups in total. The van der Waals surface area contributed by atoms with Gasteiger partial charge in [-0.25, -0.2) is 0 Å². The van der Waals surface area contributed by atoms with Crippen molar-refractivity contribution in [2.24, 2.45) is 0 Å². The second kappa shape index (κ2) is 8.40. The van der Waals surface area contributed by atoms with Crippen molar-refractivity contribution in [3.05, 3.63) is 71.4 Å². The van der Waals surface area contributed by atoms with Crippen LogP contribution in [0.2, 0.25) is 0 Å². The number of ether oxygens (including phenoxy) is 1. The summed E-state index contributed by atoms with van der Waals surface area (Å²) < 4.78 is 8.24. The number of rotatable bonds is 7. The van der Waals surface area contributed by atoms with Crippen molar-refractivity contribution in [3.63, 3.8) is 0 Å². The molecule has 0 atom stereocenters. The maximum atomic E-state index is 9.86. The van der Waals surface area contributed by atoms with Crippen LogP contribution in [0.15, 0.2) is 54.6 Å². The predicted octanol–water partition coefficient (Wildman–Crippen LogP) is 5.33. The van der Waals surface area contributed by atoms with E-state index >= 15 is 0 Å². The fourth-order valence-corrected chi connectivity index (χ4v) is 3.35. The van der Waals surface area contributed by atoms with Crippen molar-refractivity contribution in [1.29, 1.82) is 0 Å². The van der Waals surface area contributed by atoms with Gasteiger partial charge in [0.15, 0.2) is 0 Å². The summed E-state index contributed by atoms with van der Waals surface area (Å²) in [6.07, 6.45) is 0. The van der Waals surface area contributed by atoms with E-state index in [0.29, 0.717) is 12.5 Å². The number of aromatic nitrogens is 2. The van der Waals surface area contributed by atoms with Crippen LogP contribution >= 0.6 is 0 Å². The first-order valence-corrected chi connectivity index (χ1v) is 9.51. The SMILES string of the molecule is CC(C)c1c(-c2ccccc2CO)c(OCc2ccccc2)nn1C(C)C. The van der Waals surface area contributed by atoms with Crippen molar-refractivity contribution in [3.8, 4) is 17.0 Å². The molecule has 0 saturated heterocycles. The Morgan fingerprint density at radius 2 is 1.63 bits per heavy atom. The Kier molecular flexibility index (Phi) is 5.97. The first kappa shape index (κ1) is 19.2. The fraction of sp³-hybridized carbons (Fsp3) is 0.348. The lowest BCUT2D eigenvalue weighted by atomic mass is 9.95. The van der Waals surface area contributed by atoms with Gasteiger partial charge in [0.05, 0.1) is 17.9 Å². The molecule has 27 heavy (non-hydrogen) atoms. The zero-order valence-corrected chi connectivity index (χ0v) is 16.5. The van der Waals surface area contributed by atoms with Crippen molar-refractivity contribution in [2.45, 2.75) is 52.9 Å². The third kappa shape index (κ3) is 4.06. The van der Waals surface area contributed by atoms with E-state index in [1.165, 1.54) is 0 Å². The van der Waals surface area contributed by atoms with E-state index in [4.69, 9.17) is 9.84 Å². The maximum absolute atomic E-state index is 9.86. The molecule has 0 aliphatic rings. The number of nitrogens with zero attached hydrogens (tertiary/aromatic N) is 2. The second-order valence-electron chi connectivity index (χ2n) is 7.35. The zero-order valence-electron chi connectivity index (χ0n) is 16.5. The molecule has 2 aromatic carbocycles. The standard InChI is InChI=1S/C23H28N2O2/c1-16(2)22-21(20-13-9-8-12-19(20)14-26)23(24-25(22)17(3)4)27-15-18-10-6-5-7-11-18/h5-13,16-17,26H,14-15H2,1-4H3. The second-order valence-corrected chi connectivity index (χ2v) is 7.35. The van der Waals surface area contributed by atoms with Gasteiger partial charge in [0.2, 0.25) is 5.88 Å². The van der Waals surface area contributed by atoms with E-state index in [1.54, 1.807) is 0 Å². The third-order valence-corrected chi connectivity index (χ3v) is 4.63. The Morgan fingerprint density at radius 1 is 0.963 bits per heavy atom. The van der Waals surface area contributed by atoms with Gasteiger partial charge in [0.1, 0.15) is 6.61 Å². The molecule has 0 fully saturated rings. The van der Waals surface area contributed by atoms with Crippen LogP contribution in [0.5, 0.6) is 5.88 Å². The quantitative estimate of drug-likeness (QED) is 0.617. The topological polar surface area (TPSA) is 47.3 Å². The molecule has 3 rings (SSSR count). The minimum absolute atomic E-state index is 0.0152. The molecule has 4 nitrogen and oxygen atoms in total. The fourth-order valence-electron chi connectivity index (χ4n) is 3.35. The van der Waals surface area contributed by atoms with Gasteiger partial charge in [0.25, 0.3) is 0 Å². The lowest BCUT2D eigenvalue weighted by Gasteiger charge is -2.16. The van der Waals surface area contributed by atoms with Crippen molar-refractivity contribution < 1.29 is 9.84 Å². The van der Waals surface area contributed by atoms with Crippen LogP contribution in [-0.4, -0.2) is 14.9 Å². The summed E-state index contributed by atoms with van der Waals surface area (Å²) in [5, 5.41) is 14.7. The summed E-state index contributed by atoms with van der Waals surface area (Å²) in [4.78, 5) is 0. The highest BCUT2D eigenvalue weighted by atomic mass is 16.5. The predicted molar refractivity (Wildman–Crippen MR) is 109 cm³/mol. The van der Waals surface area contributed by atoms with Gasteiger partial charge in [0, 0.05) is 6.04 Å². The first-order chi connectivity index (χ1) is 13.0. The average molecular weight is 364 g/mol. The summed E-state index contributed by atoms with van der Waals surface area (Å²) in [6, 6.07) is 18.2. The highest BCUT2D eigenvalue weighted by Gasteiger charge is 2.25. The first-order valence-electron chi connectivity index (χ1n) is 9.51. The summed E-state index contributed by atoms with van der Waals surface area (Å²) in [6.45, 7) is 9.04. The van der Waals surface area contributed by atoms with Crippen LogP contribution in [0.1, 0.15) is 56.5 Å². The summed E-state index contributed by atoms with van der Waals surface area (Å²) in [5.41, 5.74) is 5.09. The Labute approximate surface area is 161 Å². The summed E-state index contributed by atoms with van der Waals surface area (Å²) in [5.74, 6) is 0.896. The Morgan fingerprint density at radius 3 is 2.26 bits per heavy atom. The highest BCUT2D eigenvalue weighted by molar-refractivity contribution is 5.75. The van der Waals surface area contributed by atoms with Gasteiger partial charge in [-0.05, 0) is 36.5 Å². The van der Waals surface area contributed by atoms with Crippen LogP contribution < -0.4 is 4.74 Å². The molecular weight excluding hydrogens is 336 g/mol. The van der Waals surface area contributed by atoms with Crippen molar-refractivity contribution >= 4 is 0 Å². The number of hydrogen-bond acceptors (Lipinski definition) is 3. The molecule has 0 aliphatic heterocycles. The molecule has 4 heteroatoms. The molecule has 142 valence electrons. The van der Waals surface area contributed by atoms with Gasteiger partial charge in [-0.2, -0.15) is 0 Å². The Hall–Kier alpha value is -2.59. The number of aliphatic hydroxyl groups excluding tert-OH is 1. The third-order valence-electron chi connectivity index (χ3n) is 4.63. The van der Waals surface area contributed by atoms with E-state index in [-0.39, 0.29) is 18.6 Å². The molecule has 1 aromatic heterocycles. The molecule has 0 saturated carbocycles. The largest absolute Gasteiger partial charge is 0.471 e. The molecule has 0 aliphatic carbocycles. The molecule has 0 bridgehead atoms. The molecule has 0 spiro atoms. The van der Waals surface area contributed by atoms with Crippen molar-refractivity contribution in [1.82, 2.24) is 9.78 Å². The highest BCUT2D eigenvalue weighted by Crippen LogP contribution is 2.40. The van der Waals surface area contributed by atoms with E-state index in [1.807, 2.05) is 54.6 Å². The molecule has 0 radical (unpaired) electrons. The van der Waals surface area contributed by atoms with Crippen LogP contribution in [-0.2, 0) is 13.2 Å². The van der Waals surface area contributed by atoms with Crippen LogP contribution in [0.4, 0.5) is 0 Å². The molecule has 3 aromatic rings. The number of aliphatic hydroxyl groups is 1. The van der Waals surface area contributed by atoms with Gasteiger partial charge in [-0.1, -0.05) is 68.4 Å². The molecular formula is C23H28N2O2. The number of benzene rings is 2. The lowest BCUT2D eigenvalue weighted by molar-refractivity contribution is 0.281. The average Bonchev–Trinajstić information content (AvgIpc) is 3.07.